The molecule has 47 heavy (non-hydrogen) atoms. The van der Waals surface area contributed by atoms with Crippen molar-refractivity contribution in [1.82, 2.24) is 30.8 Å². The summed E-state index contributed by atoms with van der Waals surface area (Å²) in [6, 6.07) is 9.60. The van der Waals surface area contributed by atoms with Crippen LogP contribution in [0.4, 0.5) is 31.1 Å². The van der Waals surface area contributed by atoms with E-state index in [0.29, 0.717) is 29.3 Å². The van der Waals surface area contributed by atoms with Crippen molar-refractivity contribution in [1.29, 1.82) is 0 Å². The van der Waals surface area contributed by atoms with Crippen LogP contribution in [0.1, 0.15) is 57.2 Å². The lowest BCUT2D eigenvalue weighted by atomic mass is 9.90. The van der Waals surface area contributed by atoms with Crippen LogP contribution in [0, 0.1) is 17.8 Å². The third-order valence-electron chi connectivity index (χ3n) is 7.26. The number of amides is 2. The van der Waals surface area contributed by atoms with Gasteiger partial charge in [0.25, 0.3) is 0 Å². The maximum atomic E-state index is 13.7. The number of rotatable bonds is 14. The summed E-state index contributed by atoms with van der Waals surface area (Å²) in [6.45, 7) is 6.58. The Labute approximate surface area is 267 Å². The molecule has 0 fully saturated rings. The number of halogens is 6. The van der Waals surface area contributed by atoms with E-state index in [4.69, 9.17) is 4.74 Å². The molecule has 2 N–H and O–H groups in total. The summed E-state index contributed by atoms with van der Waals surface area (Å²) in [7, 11) is 0. The first-order valence-electron chi connectivity index (χ1n) is 14.8. The molecule has 0 saturated heterocycles. The number of tetrazole rings is 1. The van der Waals surface area contributed by atoms with Gasteiger partial charge in [-0.05, 0) is 52.3 Å². The van der Waals surface area contributed by atoms with Gasteiger partial charge in [-0.1, -0.05) is 64.1 Å². The van der Waals surface area contributed by atoms with Gasteiger partial charge in [0.05, 0.1) is 11.1 Å². The fourth-order valence-electron chi connectivity index (χ4n) is 4.79. The maximum Gasteiger partial charge on any atom is 0.417 e. The predicted octanol–water partition coefficient (Wildman–Crippen LogP) is 6.07. The number of benzene rings is 2. The van der Waals surface area contributed by atoms with E-state index in [1.165, 1.54) is 0 Å². The first-order valence-corrected chi connectivity index (χ1v) is 14.8. The highest BCUT2D eigenvalue weighted by Crippen LogP contribution is 2.43. The molecule has 0 aliphatic carbocycles. The van der Waals surface area contributed by atoms with Gasteiger partial charge in [-0.15, -0.1) is 5.10 Å². The number of Topliss-reactive ketones (excluding diaryl/α,β-unsaturated/α-hetero) is 1. The van der Waals surface area contributed by atoms with Crippen molar-refractivity contribution in [3.05, 3.63) is 65.2 Å². The Morgan fingerprint density at radius 1 is 0.894 bits per heavy atom. The summed E-state index contributed by atoms with van der Waals surface area (Å²) >= 11 is 0. The number of hydrogen-bond acceptors (Lipinski definition) is 7. The van der Waals surface area contributed by atoms with Gasteiger partial charge in [-0.25, -0.2) is 9.48 Å². The van der Waals surface area contributed by atoms with Gasteiger partial charge in [0.1, 0.15) is 19.2 Å². The summed E-state index contributed by atoms with van der Waals surface area (Å²) in [5.41, 5.74) is -3.74. The molecule has 0 saturated carbocycles. The quantitative estimate of drug-likeness (QED) is 0.200. The average molecular weight is 671 g/mol. The van der Waals surface area contributed by atoms with E-state index in [-0.39, 0.29) is 31.4 Å². The number of nitrogens with zero attached hydrogens (tertiary/aromatic N) is 4. The molecule has 2 aromatic carbocycles. The van der Waals surface area contributed by atoms with Gasteiger partial charge in [0, 0.05) is 18.5 Å². The lowest BCUT2D eigenvalue weighted by Crippen LogP contribution is -2.49. The molecule has 0 radical (unpaired) electrons. The molecule has 1 unspecified atom stereocenters. The first kappa shape index (κ1) is 37.0. The topological polar surface area (TPSA) is 128 Å². The lowest BCUT2D eigenvalue weighted by molar-refractivity contribution is -0.142. The minimum atomic E-state index is -5.17. The third-order valence-corrected chi connectivity index (χ3v) is 7.26. The van der Waals surface area contributed by atoms with Crippen molar-refractivity contribution in [2.24, 2.45) is 17.8 Å². The van der Waals surface area contributed by atoms with E-state index in [9.17, 15) is 40.7 Å². The summed E-state index contributed by atoms with van der Waals surface area (Å²) in [5, 5.41) is 15.5. The van der Waals surface area contributed by atoms with Crippen LogP contribution in [0.3, 0.4) is 0 Å². The van der Waals surface area contributed by atoms with Gasteiger partial charge in [-0.3, -0.25) is 9.59 Å². The average Bonchev–Trinajstić information content (AvgIpc) is 3.44. The Morgan fingerprint density at radius 3 is 2.06 bits per heavy atom. The number of alkyl carbamates (subject to hydrolysis) is 1. The summed E-state index contributed by atoms with van der Waals surface area (Å²) in [4.78, 5) is 38.6. The smallest absolute Gasteiger partial charge is 0.417 e. The number of aromatic nitrogens is 4. The second-order valence-corrected chi connectivity index (χ2v) is 11.8. The molecule has 16 heteroatoms. The molecule has 1 aromatic heterocycles. The van der Waals surface area contributed by atoms with E-state index in [1.54, 1.807) is 38.1 Å². The molecule has 0 aliphatic heterocycles. The Balaban J connectivity index is 1.70. The van der Waals surface area contributed by atoms with E-state index in [1.807, 2.05) is 19.9 Å². The number of carbonyl (C=O) groups excluding carboxylic acids is 3. The number of ketones is 1. The van der Waals surface area contributed by atoms with Crippen molar-refractivity contribution in [2.45, 2.75) is 72.1 Å². The summed E-state index contributed by atoms with van der Waals surface area (Å²) in [5.74, 6) is -2.61. The Kier molecular flexibility index (Phi) is 12.5. The van der Waals surface area contributed by atoms with Gasteiger partial charge in [0.2, 0.25) is 5.91 Å². The molecular formula is C31H36F6N6O4. The van der Waals surface area contributed by atoms with Gasteiger partial charge >= 0.3 is 18.4 Å². The van der Waals surface area contributed by atoms with Crippen LogP contribution in [-0.2, 0) is 39.8 Å². The molecule has 3 aromatic rings. The molecule has 0 spiro atoms. The molecule has 1 heterocycles. The van der Waals surface area contributed by atoms with Crippen LogP contribution >= 0.6 is 0 Å². The Hall–Kier alpha value is -4.50. The predicted molar refractivity (Wildman–Crippen MR) is 157 cm³/mol. The van der Waals surface area contributed by atoms with Crippen LogP contribution in [0.25, 0.3) is 11.4 Å². The van der Waals surface area contributed by atoms with E-state index < -0.39 is 71.2 Å². The molecule has 0 aliphatic rings. The fraction of sp³-hybridized carbons (Fsp3) is 0.484. The molecule has 3 rings (SSSR count). The monoisotopic (exact) mass is 670 g/mol. The van der Waals surface area contributed by atoms with E-state index in [2.05, 4.69) is 26.2 Å². The standard InChI is InChI=1S/C31H36F6N6O4/c1-18(2)13-25(39-29(46)47-17-20-9-6-5-7-10-20)28(45)38-15-21(19(3)4)14-22(44)16-43-27(40-41-42-43)26-23(30(32,33)34)11-8-12-24(26)31(35,36)37/h5-12,18-19,21,25H,13-17H2,1-4H3,(H,38,45)(H,39,46)/t21?,25-/m0/s1. The molecular weight excluding hydrogens is 634 g/mol. The van der Waals surface area contributed by atoms with E-state index in [0.717, 1.165) is 5.56 Å². The van der Waals surface area contributed by atoms with Crippen LogP contribution in [0.2, 0.25) is 0 Å². The second kappa shape index (κ2) is 15.9. The SMILES string of the molecule is CC(C)C[C@H](NC(=O)OCc1ccccc1)C(=O)NCC(CC(=O)Cn1nnnc1-c1c(C(F)(F)F)cccc1C(F)(F)F)C(C)C. The maximum absolute atomic E-state index is 13.7. The molecule has 10 nitrogen and oxygen atoms in total. The zero-order valence-electron chi connectivity index (χ0n) is 26.2. The molecule has 2 amide bonds. The number of nitrogens with one attached hydrogen (secondary N) is 2. The lowest BCUT2D eigenvalue weighted by Gasteiger charge is -2.24. The minimum Gasteiger partial charge on any atom is -0.445 e. The highest BCUT2D eigenvalue weighted by Gasteiger charge is 2.42. The van der Waals surface area contributed by atoms with Gasteiger partial charge in [-0.2, -0.15) is 26.3 Å². The highest BCUT2D eigenvalue weighted by atomic mass is 19.4. The van der Waals surface area contributed by atoms with Crippen molar-refractivity contribution in [2.75, 3.05) is 6.54 Å². The molecule has 0 bridgehead atoms. The van der Waals surface area contributed by atoms with Gasteiger partial charge in [0.15, 0.2) is 11.6 Å². The summed E-state index contributed by atoms with van der Waals surface area (Å²) < 4.78 is 88.3. The van der Waals surface area contributed by atoms with Crippen molar-refractivity contribution < 1.29 is 45.5 Å². The fourth-order valence-corrected chi connectivity index (χ4v) is 4.79. The normalized spacial score (nSPS) is 13.4. The number of carbonyl (C=O) groups is 3. The van der Waals surface area contributed by atoms with Crippen molar-refractivity contribution >= 4 is 17.8 Å². The van der Waals surface area contributed by atoms with Crippen LogP contribution < -0.4 is 10.6 Å². The summed E-state index contributed by atoms with van der Waals surface area (Å²) in [6.07, 6.45) is -11.0. The third kappa shape index (κ3) is 10.8. The van der Waals surface area contributed by atoms with Crippen molar-refractivity contribution in [3.63, 3.8) is 0 Å². The zero-order valence-corrected chi connectivity index (χ0v) is 26.2. The second-order valence-electron chi connectivity index (χ2n) is 11.8. The van der Waals surface area contributed by atoms with Crippen molar-refractivity contribution in [3.8, 4) is 11.4 Å². The van der Waals surface area contributed by atoms with Gasteiger partial charge < -0.3 is 15.4 Å². The highest BCUT2D eigenvalue weighted by molar-refractivity contribution is 5.85. The van der Waals surface area contributed by atoms with Crippen LogP contribution in [-0.4, -0.2) is 50.6 Å². The largest absolute Gasteiger partial charge is 0.445 e. The zero-order chi connectivity index (χ0) is 34.9. The number of alkyl halides is 6. The molecule has 256 valence electrons. The van der Waals surface area contributed by atoms with Crippen LogP contribution in [0.15, 0.2) is 48.5 Å². The molecule has 2 atom stereocenters. The van der Waals surface area contributed by atoms with Crippen LogP contribution in [0.5, 0.6) is 0 Å². The number of hydrogen-bond donors (Lipinski definition) is 2. The Bertz CT molecular complexity index is 1480. The number of ether oxygens (including phenoxy) is 1. The van der Waals surface area contributed by atoms with E-state index >= 15 is 0 Å². The Morgan fingerprint density at radius 2 is 1.51 bits per heavy atom. The minimum absolute atomic E-state index is 0.00252. The first-order chi connectivity index (χ1) is 22.0.